The van der Waals surface area contributed by atoms with E-state index in [1.807, 2.05) is 47.8 Å². The number of carboxylic acid groups (broad SMARTS) is 1. The third kappa shape index (κ3) is 5.68. The number of benzene rings is 1. The van der Waals surface area contributed by atoms with Crippen molar-refractivity contribution in [1.82, 2.24) is 10.2 Å². The fraction of sp³-hybridized carbons (Fsp3) is 0.294. The molecule has 3 N–H and O–H groups in total. The summed E-state index contributed by atoms with van der Waals surface area (Å²) in [5.74, 6) is -0.969. The van der Waals surface area contributed by atoms with Gasteiger partial charge in [0.2, 0.25) is 0 Å². The number of aliphatic carboxylic acids is 1. The van der Waals surface area contributed by atoms with Gasteiger partial charge in [0.15, 0.2) is 0 Å². The zero-order chi connectivity index (χ0) is 17.4. The van der Waals surface area contributed by atoms with Crippen LogP contribution in [0.3, 0.4) is 0 Å². The number of aliphatic hydroxyl groups is 1. The van der Waals surface area contributed by atoms with Crippen LogP contribution in [0.5, 0.6) is 0 Å². The molecule has 1 heterocycles. The first-order chi connectivity index (χ1) is 11.6. The smallest absolute Gasteiger partial charge is 0.317 e. The van der Waals surface area contributed by atoms with Crippen molar-refractivity contribution in [3.63, 3.8) is 0 Å². The lowest BCUT2D eigenvalue weighted by molar-refractivity contribution is -0.136. The van der Waals surface area contributed by atoms with E-state index >= 15 is 0 Å². The number of hydrogen-bond acceptors (Lipinski definition) is 4. The Kier molecular flexibility index (Phi) is 6.77. The van der Waals surface area contributed by atoms with Gasteiger partial charge in [-0.25, -0.2) is 4.79 Å². The molecule has 6 nitrogen and oxygen atoms in total. The largest absolute Gasteiger partial charge is 0.481 e. The van der Waals surface area contributed by atoms with Crippen molar-refractivity contribution in [2.75, 3.05) is 13.1 Å². The van der Waals surface area contributed by atoms with E-state index in [2.05, 4.69) is 5.32 Å². The van der Waals surface area contributed by atoms with Crippen molar-refractivity contribution in [3.05, 3.63) is 58.3 Å². The number of carboxylic acids is 1. The first-order valence-electron chi connectivity index (χ1n) is 7.56. The third-order valence-corrected chi connectivity index (χ3v) is 4.36. The van der Waals surface area contributed by atoms with E-state index in [4.69, 9.17) is 5.11 Å². The lowest BCUT2D eigenvalue weighted by Gasteiger charge is -2.25. The Balaban J connectivity index is 2.02. The van der Waals surface area contributed by atoms with E-state index in [9.17, 15) is 14.7 Å². The van der Waals surface area contributed by atoms with Gasteiger partial charge in [0, 0.05) is 18.0 Å². The first kappa shape index (κ1) is 18.0. The number of carbonyl (C=O) groups is 2. The van der Waals surface area contributed by atoms with Crippen LogP contribution in [0, 0.1) is 0 Å². The van der Waals surface area contributed by atoms with Gasteiger partial charge in [-0.1, -0.05) is 36.4 Å². The van der Waals surface area contributed by atoms with E-state index in [0.717, 1.165) is 10.4 Å². The molecule has 2 rings (SSSR count). The Morgan fingerprint density at radius 2 is 1.92 bits per heavy atom. The lowest BCUT2D eigenvalue weighted by atomic mass is 10.2. The molecule has 7 heteroatoms. The molecule has 0 bridgehead atoms. The Hall–Kier alpha value is -2.38. The van der Waals surface area contributed by atoms with Gasteiger partial charge in [0.1, 0.15) is 6.10 Å². The first-order valence-corrected chi connectivity index (χ1v) is 8.44. The number of hydrogen-bond donors (Lipinski definition) is 3. The van der Waals surface area contributed by atoms with Crippen molar-refractivity contribution in [1.29, 1.82) is 0 Å². The molecule has 1 aromatic heterocycles. The molecule has 0 aliphatic rings. The highest BCUT2D eigenvalue weighted by Gasteiger charge is 2.19. The minimum Gasteiger partial charge on any atom is -0.481 e. The standard InChI is InChI=1S/C17H20N2O4S/c20-14(15-7-4-10-24-15)12-19(11-13-5-2-1-3-6-13)17(23)18-9-8-16(21)22/h1-7,10,14,20H,8-9,11-12H2,(H,18,23)(H,21,22). The quantitative estimate of drug-likeness (QED) is 0.684. The van der Waals surface area contributed by atoms with Crippen molar-refractivity contribution in [2.24, 2.45) is 0 Å². The summed E-state index contributed by atoms with van der Waals surface area (Å²) in [5.41, 5.74) is 0.935. The molecule has 0 aliphatic carbocycles. The van der Waals surface area contributed by atoms with E-state index < -0.39 is 18.1 Å². The van der Waals surface area contributed by atoms with Gasteiger partial charge in [-0.2, -0.15) is 0 Å². The molecule has 1 atom stereocenters. The average Bonchev–Trinajstić information content (AvgIpc) is 3.09. The Bertz CT molecular complexity index is 646. The summed E-state index contributed by atoms with van der Waals surface area (Å²) in [6, 6.07) is 12.7. The van der Waals surface area contributed by atoms with Gasteiger partial charge in [0.25, 0.3) is 0 Å². The molecule has 0 spiro atoms. The predicted octanol–water partition coefficient (Wildman–Crippen LogP) is 2.47. The second-order valence-corrected chi connectivity index (χ2v) is 6.25. The van der Waals surface area contributed by atoms with Gasteiger partial charge in [-0.3, -0.25) is 4.79 Å². The summed E-state index contributed by atoms with van der Waals surface area (Å²) in [5, 5.41) is 23.4. The molecule has 0 radical (unpaired) electrons. The minimum absolute atomic E-state index is 0.0502. The normalized spacial score (nSPS) is 11.7. The number of amides is 2. The summed E-state index contributed by atoms with van der Waals surface area (Å²) in [6.45, 7) is 0.519. The van der Waals surface area contributed by atoms with E-state index in [1.54, 1.807) is 0 Å². The molecule has 1 unspecified atom stereocenters. The fourth-order valence-corrected chi connectivity index (χ4v) is 2.89. The topological polar surface area (TPSA) is 89.9 Å². The Morgan fingerprint density at radius 3 is 2.54 bits per heavy atom. The number of nitrogens with one attached hydrogen (secondary N) is 1. The van der Waals surface area contributed by atoms with Crippen molar-refractivity contribution in [2.45, 2.75) is 19.1 Å². The summed E-state index contributed by atoms with van der Waals surface area (Å²) < 4.78 is 0. The van der Waals surface area contributed by atoms with Gasteiger partial charge >= 0.3 is 12.0 Å². The van der Waals surface area contributed by atoms with Crippen LogP contribution in [-0.4, -0.2) is 40.2 Å². The minimum atomic E-state index is -0.969. The maximum Gasteiger partial charge on any atom is 0.317 e. The summed E-state index contributed by atoms with van der Waals surface area (Å²) in [7, 11) is 0. The monoisotopic (exact) mass is 348 g/mol. The van der Waals surface area contributed by atoms with E-state index in [-0.39, 0.29) is 19.5 Å². The Labute approximate surface area is 144 Å². The van der Waals surface area contributed by atoms with Gasteiger partial charge in [-0.15, -0.1) is 11.3 Å². The molecule has 24 heavy (non-hydrogen) atoms. The molecular weight excluding hydrogens is 328 g/mol. The molecule has 0 saturated carbocycles. The van der Waals surface area contributed by atoms with Crippen LogP contribution in [0.2, 0.25) is 0 Å². The molecule has 1 aromatic carbocycles. The zero-order valence-electron chi connectivity index (χ0n) is 13.1. The number of aliphatic hydroxyl groups excluding tert-OH is 1. The van der Waals surface area contributed by atoms with E-state index in [0.29, 0.717) is 6.54 Å². The number of nitrogens with zero attached hydrogens (tertiary/aromatic N) is 1. The Morgan fingerprint density at radius 1 is 1.17 bits per heavy atom. The molecular formula is C17H20N2O4S. The second kappa shape index (κ2) is 9.05. The van der Waals surface area contributed by atoms with Crippen molar-refractivity contribution in [3.8, 4) is 0 Å². The van der Waals surface area contributed by atoms with Crippen molar-refractivity contribution < 1.29 is 19.8 Å². The maximum atomic E-state index is 12.3. The molecule has 2 amide bonds. The maximum absolute atomic E-state index is 12.3. The van der Waals surface area contributed by atoms with Crippen LogP contribution in [0.4, 0.5) is 4.79 Å². The summed E-state index contributed by atoms with van der Waals surface area (Å²) >= 11 is 1.43. The summed E-state index contributed by atoms with van der Waals surface area (Å²) in [6.07, 6.45) is -0.919. The molecule has 2 aromatic rings. The van der Waals surface area contributed by atoms with Crippen LogP contribution in [0.25, 0.3) is 0 Å². The van der Waals surface area contributed by atoms with Crippen LogP contribution < -0.4 is 5.32 Å². The van der Waals surface area contributed by atoms with Gasteiger partial charge in [0.05, 0.1) is 13.0 Å². The van der Waals surface area contributed by atoms with Gasteiger partial charge in [-0.05, 0) is 17.0 Å². The number of rotatable bonds is 8. The highest BCUT2D eigenvalue weighted by Crippen LogP contribution is 2.20. The molecule has 0 fully saturated rings. The number of carbonyl (C=O) groups excluding carboxylic acids is 1. The lowest BCUT2D eigenvalue weighted by Crippen LogP contribution is -2.42. The zero-order valence-corrected chi connectivity index (χ0v) is 13.9. The number of thiophene rings is 1. The highest BCUT2D eigenvalue weighted by molar-refractivity contribution is 7.10. The fourth-order valence-electron chi connectivity index (χ4n) is 2.19. The van der Waals surface area contributed by atoms with Gasteiger partial charge < -0.3 is 20.4 Å². The highest BCUT2D eigenvalue weighted by atomic mass is 32.1. The predicted molar refractivity (Wildman–Crippen MR) is 91.8 cm³/mol. The molecule has 128 valence electrons. The third-order valence-electron chi connectivity index (χ3n) is 3.38. The van der Waals surface area contributed by atoms with Crippen LogP contribution in [-0.2, 0) is 11.3 Å². The molecule has 0 saturated heterocycles. The van der Waals surface area contributed by atoms with Crippen molar-refractivity contribution >= 4 is 23.3 Å². The molecule has 0 aliphatic heterocycles. The van der Waals surface area contributed by atoms with Crippen LogP contribution in [0.15, 0.2) is 47.8 Å². The summed E-state index contributed by atoms with van der Waals surface area (Å²) in [4.78, 5) is 25.2. The average molecular weight is 348 g/mol. The van der Waals surface area contributed by atoms with Crippen LogP contribution in [0.1, 0.15) is 23.0 Å². The van der Waals surface area contributed by atoms with Crippen LogP contribution >= 0.6 is 11.3 Å². The van der Waals surface area contributed by atoms with E-state index in [1.165, 1.54) is 16.2 Å². The number of urea groups is 1. The second-order valence-electron chi connectivity index (χ2n) is 5.27. The SMILES string of the molecule is O=C(O)CCNC(=O)N(Cc1ccccc1)CC(O)c1cccs1.